The van der Waals surface area contributed by atoms with E-state index < -0.39 is 0 Å². The van der Waals surface area contributed by atoms with Gasteiger partial charge in [-0.3, -0.25) is 0 Å². The Bertz CT molecular complexity index is 497. The molecule has 2 rings (SSSR count). The molecule has 0 aromatic heterocycles. The van der Waals surface area contributed by atoms with E-state index in [4.69, 9.17) is 0 Å². The predicted molar refractivity (Wildman–Crippen MR) is 68.0 cm³/mol. The summed E-state index contributed by atoms with van der Waals surface area (Å²) in [4.78, 5) is 0. The summed E-state index contributed by atoms with van der Waals surface area (Å²) in [6, 6.07) is 20.1. The molecule has 0 saturated heterocycles. The van der Waals surface area contributed by atoms with Gasteiger partial charge in [0, 0.05) is 4.47 Å². The van der Waals surface area contributed by atoms with Crippen LogP contribution in [0.15, 0.2) is 59.1 Å². The van der Waals surface area contributed by atoms with Crippen LogP contribution in [-0.2, 0) is 0 Å². The summed E-state index contributed by atoms with van der Waals surface area (Å²) >= 11 is 3.39. The van der Waals surface area contributed by atoms with Crippen molar-refractivity contribution in [2.75, 3.05) is 0 Å². The van der Waals surface area contributed by atoms with Crippen LogP contribution in [0, 0.1) is 11.3 Å². The van der Waals surface area contributed by atoms with Crippen molar-refractivity contribution < 1.29 is 0 Å². The second-order valence-electron chi connectivity index (χ2n) is 3.52. The van der Waals surface area contributed by atoms with Gasteiger partial charge in [-0.15, -0.1) is 0 Å². The molecule has 16 heavy (non-hydrogen) atoms. The Kier molecular flexibility index (Phi) is 3.38. The molecule has 2 aromatic carbocycles. The van der Waals surface area contributed by atoms with Gasteiger partial charge in [0.25, 0.3) is 0 Å². The van der Waals surface area contributed by atoms with Crippen molar-refractivity contribution in [2.24, 2.45) is 0 Å². The Morgan fingerprint density at radius 3 is 2.00 bits per heavy atom. The van der Waals surface area contributed by atoms with Gasteiger partial charge in [-0.2, -0.15) is 5.26 Å². The number of rotatable bonds is 2. The topological polar surface area (TPSA) is 23.8 Å². The fourth-order valence-electron chi connectivity index (χ4n) is 1.64. The van der Waals surface area contributed by atoms with Crippen LogP contribution in [0.2, 0.25) is 0 Å². The van der Waals surface area contributed by atoms with Gasteiger partial charge < -0.3 is 0 Å². The zero-order chi connectivity index (χ0) is 11.4. The highest BCUT2D eigenvalue weighted by atomic mass is 79.9. The lowest BCUT2D eigenvalue weighted by atomic mass is 9.93. The quantitative estimate of drug-likeness (QED) is 0.807. The second kappa shape index (κ2) is 4.96. The number of halogens is 1. The lowest BCUT2D eigenvalue weighted by Gasteiger charge is -2.09. The standard InChI is InChI=1S/C14H10BrN/c15-13-8-6-12(7-9-13)14(10-16)11-4-2-1-3-5-11/h1-9,14H/t14-/m0/s1. The fourth-order valence-corrected chi connectivity index (χ4v) is 1.91. The average Bonchev–Trinajstić information content (AvgIpc) is 2.34. The lowest BCUT2D eigenvalue weighted by molar-refractivity contribution is 1.04. The van der Waals surface area contributed by atoms with Gasteiger partial charge in [0.2, 0.25) is 0 Å². The predicted octanol–water partition coefficient (Wildman–Crippen LogP) is 4.10. The molecule has 0 saturated carbocycles. The molecule has 0 fully saturated rings. The summed E-state index contributed by atoms with van der Waals surface area (Å²) in [6.45, 7) is 0. The van der Waals surface area contributed by atoms with Crippen molar-refractivity contribution >= 4 is 15.9 Å². The maximum Gasteiger partial charge on any atom is 0.0962 e. The van der Waals surface area contributed by atoms with Crippen LogP contribution in [0.1, 0.15) is 17.0 Å². The maximum absolute atomic E-state index is 9.24. The van der Waals surface area contributed by atoms with E-state index in [2.05, 4.69) is 22.0 Å². The van der Waals surface area contributed by atoms with Gasteiger partial charge in [-0.1, -0.05) is 58.4 Å². The molecule has 0 heterocycles. The molecule has 2 heteroatoms. The summed E-state index contributed by atoms with van der Waals surface area (Å²) in [7, 11) is 0. The minimum Gasteiger partial charge on any atom is -0.197 e. The van der Waals surface area contributed by atoms with Gasteiger partial charge in [-0.25, -0.2) is 0 Å². The van der Waals surface area contributed by atoms with Crippen molar-refractivity contribution in [3.8, 4) is 6.07 Å². The number of nitriles is 1. The van der Waals surface area contributed by atoms with Crippen molar-refractivity contribution in [2.45, 2.75) is 5.92 Å². The molecule has 0 amide bonds. The maximum atomic E-state index is 9.24. The van der Waals surface area contributed by atoms with Crippen LogP contribution < -0.4 is 0 Å². The van der Waals surface area contributed by atoms with Crippen molar-refractivity contribution in [1.29, 1.82) is 5.26 Å². The fraction of sp³-hybridized carbons (Fsp3) is 0.0714. The Balaban J connectivity index is 2.38. The number of hydrogen-bond donors (Lipinski definition) is 0. The molecule has 0 bridgehead atoms. The van der Waals surface area contributed by atoms with Gasteiger partial charge in [0.05, 0.1) is 12.0 Å². The summed E-state index contributed by atoms with van der Waals surface area (Å²) in [5.74, 6) is -0.186. The van der Waals surface area contributed by atoms with Gasteiger partial charge in [0.1, 0.15) is 0 Å². The summed E-state index contributed by atoms with van der Waals surface area (Å²) in [5, 5.41) is 9.24. The van der Waals surface area contributed by atoms with E-state index in [1.807, 2.05) is 54.6 Å². The summed E-state index contributed by atoms with van der Waals surface area (Å²) in [5.41, 5.74) is 2.06. The third kappa shape index (κ3) is 2.32. The van der Waals surface area contributed by atoms with Crippen molar-refractivity contribution in [3.05, 3.63) is 70.2 Å². The average molecular weight is 272 g/mol. The molecule has 0 radical (unpaired) electrons. The summed E-state index contributed by atoms with van der Waals surface area (Å²) in [6.07, 6.45) is 0. The Morgan fingerprint density at radius 2 is 1.44 bits per heavy atom. The van der Waals surface area contributed by atoms with E-state index in [-0.39, 0.29) is 5.92 Å². The molecule has 0 spiro atoms. The van der Waals surface area contributed by atoms with Crippen LogP contribution in [0.25, 0.3) is 0 Å². The highest BCUT2D eigenvalue weighted by molar-refractivity contribution is 9.10. The van der Waals surface area contributed by atoms with Crippen LogP contribution in [0.4, 0.5) is 0 Å². The monoisotopic (exact) mass is 271 g/mol. The molecule has 1 nitrogen and oxygen atoms in total. The number of nitrogens with zero attached hydrogens (tertiary/aromatic N) is 1. The smallest absolute Gasteiger partial charge is 0.0962 e. The second-order valence-corrected chi connectivity index (χ2v) is 4.44. The number of hydrogen-bond acceptors (Lipinski definition) is 1. The zero-order valence-corrected chi connectivity index (χ0v) is 10.2. The third-order valence-corrected chi connectivity index (χ3v) is 2.99. The van der Waals surface area contributed by atoms with Gasteiger partial charge in [-0.05, 0) is 23.3 Å². The molecule has 0 aliphatic carbocycles. The highest BCUT2D eigenvalue weighted by Crippen LogP contribution is 2.24. The van der Waals surface area contributed by atoms with Crippen molar-refractivity contribution in [1.82, 2.24) is 0 Å². The molecular formula is C14H10BrN. The molecular weight excluding hydrogens is 262 g/mol. The zero-order valence-electron chi connectivity index (χ0n) is 8.60. The largest absolute Gasteiger partial charge is 0.197 e. The Morgan fingerprint density at radius 1 is 0.875 bits per heavy atom. The van der Waals surface area contributed by atoms with Gasteiger partial charge >= 0.3 is 0 Å². The van der Waals surface area contributed by atoms with E-state index in [1.165, 1.54) is 0 Å². The Hall–Kier alpha value is -1.59. The van der Waals surface area contributed by atoms with E-state index in [0.717, 1.165) is 15.6 Å². The first-order valence-corrected chi connectivity index (χ1v) is 5.80. The highest BCUT2D eigenvalue weighted by Gasteiger charge is 2.12. The van der Waals surface area contributed by atoms with Crippen LogP contribution in [0.5, 0.6) is 0 Å². The molecule has 1 atom stereocenters. The van der Waals surface area contributed by atoms with Crippen molar-refractivity contribution in [3.63, 3.8) is 0 Å². The van der Waals surface area contributed by atoms with E-state index in [0.29, 0.717) is 0 Å². The molecule has 78 valence electrons. The van der Waals surface area contributed by atoms with Crippen LogP contribution in [-0.4, -0.2) is 0 Å². The van der Waals surface area contributed by atoms with Crippen LogP contribution in [0.3, 0.4) is 0 Å². The normalized spacial score (nSPS) is 11.8. The molecule has 0 unspecified atom stereocenters. The van der Waals surface area contributed by atoms with Crippen LogP contribution >= 0.6 is 15.9 Å². The number of benzene rings is 2. The molecule has 0 N–H and O–H groups in total. The van der Waals surface area contributed by atoms with Gasteiger partial charge in [0.15, 0.2) is 0 Å². The third-order valence-electron chi connectivity index (χ3n) is 2.47. The summed E-state index contributed by atoms with van der Waals surface area (Å²) < 4.78 is 1.03. The molecule has 2 aromatic rings. The Labute approximate surface area is 103 Å². The van der Waals surface area contributed by atoms with E-state index >= 15 is 0 Å². The molecule has 0 aliphatic rings. The minimum atomic E-state index is -0.186. The molecule has 0 aliphatic heterocycles. The first-order valence-electron chi connectivity index (χ1n) is 5.01. The first-order chi connectivity index (χ1) is 7.81. The van der Waals surface area contributed by atoms with E-state index in [9.17, 15) is 5.26 Å². The van der Waals surface area contributed by atoms with E-state index in [1.54, 1.807) is 0 Å². The first kappa shape index (κ1) is 10.9. The lowest BCUT2D eigenvalue weighted by Crippen LogP contribution is -1.97. The minimum absolute atomic E-state index is 0.186. The SMILES string of the molecule is N#C[C@@H](c1ccccc1)c1ccc(Br)cc1.